The van der Waals surface area contributed by atoms with E-state index in [-0.39, 0.29) is 0 Å². The summed E-state index contributed by atoms with van der Waals surface area (Å²) >= 11 is 0. The van der Waals surface area contributed by atoms with E-state index >= 15 is 0 Å². The molecule has 82 valence electrons. The van der Waals surface area contributed by atoms with Crippen LogP contribution in [0.25, 0.3) is 6.08 Å². The molecule has 2 nitrogen and oxygen atoms in total. The highest BCUT2D eigenvalue weighted by Gasteiger charge is 1.82. The Labute approximate surface area is 92.5 Å². The van der Waals surface area contributed by atoms with Gasteiger partial charge in [-0.1, -0.05) is 37.8 Å². The van der Waals surface area contributed by atoms with Crippen LogP contribution < -0.4 is 11.1 Å². The number of hydrogen-bond donors (Lipinski definition) is 2. The van der Waals surface area contributed by atoms with Crippen molar-refractivity contribution in [2.75, 3.05) is 18.8 Å². The highest BCUT2D eigenvalue weighted by molar-refractivity contribution is 5.51. The Morgan fingerprint density at radius 2 is 1.87 bits per heavy atom. The van der Waals surface area contributed by atoms with Gasteiger partial charge >= 0.3 is 0 Å². The van der Waals surface area contributed by atoms with Gasteiger partial charge in [-0.05, 0) is 24.2 Å². The number of anilines is 1. The predicted octanol–water partition coefficient (Wildman–Crippen LogP) is 2.69. The average molecular weight is 204 g/mol. The zero-order chi connectivity index (χ0) is 11.5. The van der Waals surface area contributed by atoms with Crippen LogP contribution in [0.4, 0.5) is 5.69 Å². The predicted molar refractivity (Wildman–Crippen MR) is 69.7 cm³/mol. The number of likely N-dealkylation sites (N-methyl/N-ethyl adjacent to an activating group) is 1. The fourth-order valence-electron chi connectivity index (χ4n) is 0.878. The summed E-state index contributed by atoms with van der Waals surface area (Å²) < 4.78 is 0. The first kappa shape index (κ1) is 13.5. The van der Waals surface area contributed by atoms with Crippen LogP contribution in [0, 0.1) is 0 Å². The average Bonchev–Trinajstić information content (AvgIpc) is 2.28. The molecule has 0 radical (unpaired) electrons. The third-order valence-corrected chi connectivity index (χ3v) is 1.71. The SMILES string of the molecule is C=CCNCC.C=Cc1ccc(N)cc1. The van der Waals surface area contributed by atoms with Gasteiger partial charge in [-0.15, -0.1) is 6.58 Å². The van der Waals surface area contributed by atoms with Gasteiger partial charge in [-0.2, -0.15) is 0 Å². The molecule has 0 fully saturated rings. The molecule has 1 aromatic carbocycles. The summed E-state index contributed by atoms with van der Waals surface area (Å²) in [6, 6.07) is 7.58. The van der Waals surface area contributed by atoms with Gasteiger partial charge in [0, 0.05) is 12.2 Å². The molecule has 0 saturated heterocycles. The lowest BCUT2D eigenvalue weighted by molar-refractivity contribution is 0.800. The first-order valence-corrected chi connectivity index (χ1v) is 5.04. The van der Waals surface area contributed by atoms with E-state index in [9.17, 15) is 0 Å². The summed E-state index contributed by atoms with van der Waals surface area (Å²) in [6.45, 7) is 11.2. The molecule has 0 bridgehead atoms. The van der Waals surface area contributed by atoms with E-state index in [1.165, 1.54) is 0 Å². The van der Waals surface area contributed by atoms with Gasteiger partial charge in [0.1, 0.15) is 0 Å². The topological polar surface area (TPSA) is 38.0 Å². The number of benzene rings is 1. The molecular weight excluding hydrogens is 184 g/mol. The second kappa shape index (κ2) is 9.03. The van der Waals surface area contributed by atoms with Crippen molar-refractivity contribution in [1.82, 2.24) is 5.32 Å². The Morgan fingerprint density at radius 1 is 1.27 bits per heavy atom. The van der Waals surface area contributed by atoms with E-state index < -0.39 is 0 Å². The highest BCUT2D eigenvalue weighted by atomic mass is 14.8. The molecule has 1 aromatic rings. The Kier molecular flexibility index (Phi) is 8.10. The molecule has 0 saturated carbocycles. The molecule has 0 aliphatic carbocycles. The Bertz CT molecular complexity index is 275. The van der Waals surface area contributed by atoms with Crippen LogP contribution in [-0.4, -0.2) is 13.1 Å². The normalized spacial score (nSPS) is 8.60. The molecule has 0 amide bonds. The molecule has 2 heteroatoms. The maximum atomic E-state index is 5.45. The largest absolute Gasteiger partial charge is 0.399 e. The highest BCUT2D eigenvalue weighted by Crippen LogP contribution is 2.05. The van der Waals surface area contributed by atoms with Gasteiger partial charge in [-0.25, -0.2) is 0 Å². The van der Waals surface area contributed by atoms with Gasteiger partial charge in [-0.3, -0.25) is 0 Å². The second-order valence-electron chi connectivity index (χ2n) is 2.97. The summed E-state index contributed by atoms with van der Waals surface area (Å²) in [5, 5.41) is 3.08. The van der Waals surface area contributed by atoms with E-state index in [0.717, 1.165) is 24.3 Å². The van der Waals surface area contributed by atoms with Gasteiger partial charge in [0.15, 0.2) is 0 Å². The smallest absolute Gasteiger partial charge is 0.0314 e. The molecule has 0 unspecified atom stereocenters. The summed E-state index contributed by atoms with van der Waals surface area (Å²) in [5.41, 5.74) is 7.34. The third-order valence-electron chi connectivity index (χ3n) is 1.71. The Hall–Kier alpha value is -1.54. The minimum absolute atomic E-state index is 0.792. The van der Waals surface area contributed by atoms with Crippen LogP contribution in [0.15, 0.2) is 43.5 Å². The van der Waals surface area contributed by atoms with Crippen molar-refractivity contribution in [1.29, 1.82) is 0 Å². The van der Waals surface area contributed by atoms with E-state index in [1.807, 2.05) is 30.3 Å². The maximum Gasteiger partial charge on any atom is 0.0314 e. The number of rotatable bonds is 4. The van der Waals surface area contributed by atoms with E-state index in [0.29, 0.717) is 0 Å². The van der Waals surface area contributed by atoms with Crippen molar-refractivity contribution in [3.05, 3.63) is 49.1 Å². The number of nitrogen functional groups attached to an aromatic ring is 1. The molecule has 1 rings (SSSR count). The lowest BCUT2D eigenvalue weighted by Crippen LogP contribution is -2.10. The standard InChI is InChI=1S/C8H9N.C5H11N/c1-2-7-3-5-8(9)6-4-7;1-3-5-6-4-2/h2-6H,1,9H2;3,6H,1,4-5H2,2H3. The minimum Gasteiger partial charge on any atom is -0.399 e. The van der Waals surface area contributed by atoms with Gasteiger partial charge in [0.2, 0.25) is 0 Å². The summed E-state index contributed by atoms with van der Waals surface area (Å²) in [4.78, 5) is 0. The molecule has 0 aromatic heterocycles. The molecular formula is C13H20N2. The minimum atomic E-state index is 0.792. The molecule has 3 N–H and O–H groups in total. The monoisotopic (exact) mass is 204 g/mol. The number of hydrogen-bond acceptors (Lipinski definition) is 2. The maximum absolute atomic E-state index is 5.45. The van der Waals surface area contributed by atoms with Crippen LogP contribution >= 0.6 is 0 Å². The fraction of sp³-hybridized carbons (Fsp3) is 0.231. The lowest BCUT2D eigenvalue weighted by Gasteiger charge is -1.91. The van der Waals surface area contributed by atoms with Gasteiger partial charge < -0.3 is 11.1 Å². The number of nitrogens with one attached hydrogen (secondary N) is 1. The van der Waals surface area contributed by atoms with E-state index in [4.69, 9.17) is 5.73 Å². The summed E-state index contributed by atoms with van der Waals surface area (Å²) in [7, 11) is 0. The molecule has 0 heterocycles. The van der Waals surface area contributed by atoms with E-state index in [1.54, 1.807) is 6.08 Å². The molecule has 15 heavy (non-hydrogen) atoms. The zero-order valence-corrected chi connectivity index (χ0v) is 9.37. The third kappa shape index (κ3) is 7.52. The molecule has 0 atom stereocenters. The van der Waals surface area contributed by atoms with Crippen molar-refractivity contribution in [2.45, 2.75) is 6.92 Å². The van der Waals surface area contributed by atoms with Crippen LogP contribution in [0.1, 0.15) is 12.5 Å². The molecule has 0 aliphatic heterocycles. The molecule has 0 spiro atoms. The fourth-order valence-corrected chi connectivity index (χ4v) is 0.878. The summed E-state index contributed by atoms with van der Waals surface area (Å²) in [6.07, 6.45) is 3.64. The summed E-state index contributed by atoms with van der Waals surface area (Å²) in [5.74, 6) is 0. The quantitative estimate of drug-likeness (QED) is 0.449. The van der Waals surface area contributed by atoms with Crippen molar-refractivity contribution in [3.63, 3.8) is 0 Å². The van der Waals surface area contributed by atoms with Crippen LogP contribution in [-0.2, 0) is 0 Å². The number of nitrogens with two attached hydrogens (primary N) is 1. The zero-order valence-electron chi connectivity index (χ0n) is 9.37. The van der Waals surface area contributed by atoms with Crippen molar-refractivity contribution in [3.8, 4) is 0 Å². The Balaban J connectivity index is 0.000000288. The first-order chi connectivity index (χ1) is 7.24. The lowest BCUT2D eigenvalue weighted by atomic mass is 10.2. The van der Waals surface area contributed by atoms with Crippen LogP contribution in [0.2, 0.25) is 0 Å². The van der Waals surface area contributed by atoms with Crippen molar-refractivity contribution >= 4 is 11.8 Å². The first-order valence-electron chi connectivity index (χ1n) is 5.04. The van der Waals surface area contributed by atoms with Crippen molar-refractivity contribution in [2.24, 2.45) is 0 Å². The van der Waals surface area contributed by atoms with Crippen LogP contribution in [0.5, 0.6) is 0 Å². The Morgan fingerprint density at radius 3 is 2.20 bits per heavy atom. The van der Waals surface area contributed by atoms with Crippen LogP contribution in [0.3, 0.4) is 0 Å². The van der Waals surface area contributed by atoms with Crippen molar-refractivity contribution < 1.29 is 0 Å². The molecule has 0 aliphatic rings. The van der Waals surface area contributed by atoms with Gasteiger partial charge in [0.25, 0.3) is 0 Å². The van der Waals surface area contributed by atoms with E-state index in [2.05, 4.69) is 25.4 Å². The second-order valence-corrected chi connectivity index (χ2v) is 2.97. The van der Waals surface area contributed by atoms with Gasteiger partial charge in [0.05, 0.1) is 0 Å².